The van der Waals surface area contributed by atoms with Crippen molar-refractivity contribution < 1.29 is 17.9 Å². The Morgan fingerprint density at radius 3 is 2.50 bits per heavy atom. The fourth-order valence-electron chi connectivity index (χ4n) is 3.36. The summed E-state index contributed by atoms with van der Waals surface area (Å²) in [5.74, 6) is -0.0518. The zero-order valence-corrected chi connectivity index (χ0v) is 19.7. The van der Waals surface area contributed by atoms with Gasteiger partial charge in [0.2, 0.25) is 10.0 Å². The number of amides is 1. The van der Waals surface area contributed by atoms with Gasteiger partial charge in [-0.2, -0.15) is 0 Å². The molecule has 0 aliphatic heterocycles. The Kier molecular flexibility index (Phi) is 7.79. The summed E-state index contributed by atoms with van der Waals surface area (Å²) in [4.78, 5) is 12.3. The molecular formula is C21H24BrClN2O4S. The maximum Gasteiger partial charge on any atom is 0.258 e. The molecule has 3 rings (SSSR count). The van der Waals surface area contributed by atoms with E-state index >= 15 is 0 Å². The van der Waals surface area contributed by atoms with Crippen LogP contribution in [-0.4, -0.2) is 27.0 Å². The molecule has 0 spiro atoms. The van der Waals surface area contributed by atoms with Crippen molar-refractivity contribution in [2.45, 2.75) is 49.6 Å². The minimum atomic E-state index is -3.64. The van der Waals surface area contributed by atoms with Crippen molar-refractivity contribution in [1.82, 2.24) is 10.0 Å². The number of benzene rings is 2. The Morgan fingerprint density at radius 2 is 1.87 bits per heavy atom. The summed E-state index contributed by atoms with van der Waals surface area (Å²) >= 11 is 9.58. The first-order valence-electron chi connectivity index (χ1n) is 9.74. The minimum Gasteiger partial charge on any atom is -0.482 e. The minimum absolute atomic E-state index is 0.0267. The molecule has 0 unspecified atom stereocenters. The average molecular weight is 516 g/mol. The van der Waals surface area contributed by atoms with Gasteiger partial charge in [-0.15, -0.1) is 0 Å². The van der Waals surface area contributed by atoms with Gasteiger partial charge in [-0.05, 0) is 55.7 Å². The van der Waals surface area contributed by atoms with Crippen LogP contribution < -0.4 is 14.8 Å². The van der Waals surface area contributed by atoms with Gasteiger partial charge in [-0.1, -0.05) is 52.5 Å². The second-order valence-electron chi connectivity index (χ2n) is 7.32. The van der Waals surface area contributed by atoms with Gasteiger partial charge in [0.05, 0.1) is 16.0 Å². The summed E-state index contributed by atoms with van der Waals surface area (Å²) in [5, 5.41) is 2.99. The van der Waals surface area contributed by atoms with Gasteiger partial charge >= 0.3 is 0 Å². The number of carbonyl (C=O) groups is 1. The predicted octanol–water partition coefficient (Wildman–Crippen LogP) is 4.58. The predicted molar refractivity (Wildman–Crippen MR) is 120 cm³/mol. The third-order valence-electron chi connectivity index (χ3n) is 5.00. The molecule has 2 aromatic rings. The molecule has 0 aromatic heterocycles. The van der Waals surface area contributed by atoms with Crippen molar-refractivity contribution in [3.05, 3.63) is 57.5 Å². The van der Waals surface area contributed by atoms with Gasteiger partial charge in [0.1, 0.15) is 5.75 Å². The van der Waals surface area contributed by atoms with Crippen LogP contribution >= 0.6 is 27.5 Å². The number of sulfonamides is 1. The summed E-state index contributed by atoms with van der Waals surface area (Å²) in [5.41, 5.74) is 0.967. The lowest BCUT2D eigenvalue weighted by atomic mass is 10.1. The van der Waals surface area contributed by atoms with Crippen LogP contribution in [0.5, 0.6) is 5.75 Å². The number of rotatable bonds is 8. The maximum atomic E-state index is 12.5. The molecule has 0 radical (unpaired) electrons. The lowest BCUT2D eigenvalue weighted by molar-refractivity contribution is -0.123. The number of carbonyl (C=O) groups excluding carboxylic acids is 1. The van der Waals surface area contributed by atoms with Gasteiger partial charge in [-0.3, -0.25) is 4.79 Å². The van der Waals surface area contributed by atoms with E-state index in [0.29, 0.717) is 0 Å². The molecule has 9 heteroatoms. The number of hydrogen-bond donors (Lipinski definition) is 2. The maximum absolute atomic E-state index is 12.5. The van der Waals surface area contributed by atoms with Crippen LogP contribution in [0.25, 0.3) is 0 Å². The van der Waals surface area contributed by atoms with Crippen molar-refractivity contribution >= 4 is 43.5 Å². The van der Waals surface area contributed by atoms with Crippen LogP contribution in [0.4, 0.5) is 0 Å². The lowest BCUT2D eigenvalue weighted by Gasteiger charge is -2.16. The highest BCUT2D eigenvalue weighted by atomic mass is 79.9. The number of ether oxygens (including phenoxy) is 1. The Hall–Kier alpha value is -1.61. The van der Waals surface area contributed by atoms with Gasteiger partial charge in [0.15, 0.2) is 6.61 Å². The molecule has 162 valence electrons. The van der Waals surface area contributed by atoms with E-state index in [2.05, 4.69) is 26.0 Å². The first-order valence-corrected chi connectivity index (χ1v) is 12.4. The molecule has 0 saturated heterocycles. The molecule has 1 aliphatic rings. The fraction of sp³-hybridized carbons (Fsp3) is 0.381. The molecule has 1 amide bonds. The Bertz CT molecular complexity index is 993. The topological polar surface area (TPSA) is 84.5 Å². The number of hydrogen-bond acceptors (Lipinski definition) is 4. The average Bonchev–Trinajstić information content (AvgIpc) is 3.19. The largest absolute Gasteiger partial charge is 0.482 e. The molecule has 6 nitrogen and oxygen atoms in total. The summed E-state index contributed by atoms with van der Waals surface area (Å²) in [6, 6.07) is 11.7. The van der Waals surface area contributed by atoms with Crippen LogP contribution in [0, 0.1) is 0 Å². The number of halogens is 2. The first-order chi connectivity index (χ1) is 14.2. The lowest BCUT2D eigenvalue weighted by Crippen LogP contribution is -2.32. The van der Waals surface area contributed by atoms with Crippen LogP contribution in [0.2, 0.25) is 5.02 Å². The van der Waals surface area contributed by atoms with Gasteiger partial charge in [-0.25, -0.2) is 13.1 Å². The van der Waals surface area contributed by atoms with E-state index in [4.69, 9.17) is 16.3 Å². The Morgan fingerprint density at radius 1 is 1.20 bits per heavy atom. The zero-order chi connectivity index (χ0) is 21.7. The van der Waals surface area contributed by atoms with Crippen LogP contribution in [0.15, 0.2) is 51.8 Å². The summed E-state index contributed by atoms with van der Waals surface area (Å²) < 4.78 is 34.2. The van der Waals surface area contributed by atoms with Gasteiger partial charge < -0.3 is 10.1 Å². The quantitative estimate of drug-likeness (QED) is 0.539. The highest BCUT2D eigenvalue weighted by Gasteiger charge is 2.23. The normalized spacial score (nSPS) is 15.7. The SMILES string of the molecule is C[C@H](NC(=O)COc1ccc(S(=O)(=O)NC2CCCC2)cc1Cl)c1ccc(Br)cc1. The van der Waals surface area contributed by atoms with Gasteiger partial charge in [0.25, 0.3) is 5.91 Å². The van der Waals surface area contributed by atoms with E-state index in [1.54, 1.807) is 0 Å². The molecule has 1 fully saturated rings. The molecular weight excluding hydrogens is 492 g/mol. The molecule has 0 bridgehead atoms. The summed E-state index contributed by atoms with van der Waals surface area (Å²) in [6.07, 6.45) is 3.76. The van der Waals surface area contributed by atoms with Crippen molar-refractivity contribution in [2.24, 2.45) is 0 Å². The molecule has 30 heavy (non-hydrogen) atoms. The van der Waals surface area contributed by atoms with E-state index in [9.17, 15) is 13.2 Å². The second kappa shape index (κ2) is 10.1. The summed E-state index contributed by atoms with van der Waals surface area (Å²) in [7, 11) is -3.64. The Balaban J connectivity index is 1.56. The summed E-state index contributed by atoms with van der Waals surface area (Å²) in [6.45, 7) is 1.65. The Labute approximate surface area is 190 Å². The number of nitrogens with one attached hydrogen (secondary N) is 2. The van der Waals surface area contributed by atoms with Crippen molar-refractivity contribution in [3.63, 3.8) is 0 Å². The van der Waals surface area contributed by atoms with Crippen LogP contribution in [0.1, 0.15) is 44.2 Å². The standard InChI is InChI=1S/C21H24BrClN2O4S/c1-14(15-6-8-16(22)9-7-15)24-21(26)13-29-20-11-10-18(12-19(20)23)30(27,28)25-17-4-2-3-5-17/h6-12,14,17,25H,2-5,13H2,1H3,(H,24,26)/t14-/m0/s1. The third-order valence-corrected chi connectivity index (χ3v) is 7.34. The monoisotopic (exact) mass is 514 g/mol. The van der Waals surface area contributed by atoms with Crippen LogP contribution in [-0.2, 0) is 14.8 Å². The molecule has 1 saturated carbocycles. The van der Waals surface area contributed by atoms with Crippen molar-refractivity contribution in [2.75, 3.05) is 6.61 Å². The third kappa shape index (κ3) is 6.20. The van der Waals surface area contributed by atoms with E-state index in [-0.39, 0.29) is 40.3 Å². The highest BCUT2D eigenvalue weighted by Crippen LogP contribution is 2.28. The first kappa shape index (κ1) is 23.1. The van der Waals surface area contributed by atoms with Crippen molar-refractivity contribution in [3.8, 4) is 5.75 Å². The molecule has 0 heterocycles. The van der Waals surface area contributed by atoms with E-state index in [1.807, 2.05) is 31.2 Å². The fourth-order valence-corrected chi connectivity index (χ4v) is 5.25. The van der Waals surface area contributed by atoms with E-state index < -0.39 is 10.0 Å². The smallest absolute Gasteiger partial charge is 0.258 e. The van der Waals surface area contributed by atoms with E-state index in [1.165, 1.54) is 18.2 Å². The molecule has 1 aliphatic carbocycles. The molecule has 2 N–H and O–H groups in total. The van der Waals surface area contributed by atoms with Gasteiger partial charge in [0, 0.05) is 10.5 Å². The highest BCUT2D eigenvalue weighted by molar-refractivity contribution is 9.10. The molecule has 2 aromatic carbocycles. The van der Waals surface area contributed by atoms with Crippen LogP contribution in [0.3, 0.4) is 0 Å². The zero-order valence-electron chi connectivity index (χ0n) is 16.5. The second-order valence-corrected chi connectivity index (χ2v) is 10.4. The molecule has 1 atom stereocenters. The van der Waals surface area contributed by atoms with Crippen molar-refractivity contribution in [1.29, 1.82) is 0 Å². The van der Waals surface area contributed by atoms with E-state index in [0.717, 1.165) is 35.7 Å².